The van der Waals surface area contributed by atoms with E-state index in [0.717, 1.165) is 35.6 Å². The molecule has 23 heavy (non-hydrogen) atoms. The molecule has 0 saturated carbocycles. The van der Waals surface area contributed by atoms with E-state index in [2.05, 4.69) is 4.98 Å². The number of amides is 1. The SMILES string of the molecule is Cc1nc2c(s1)[C@@H](N(C)C(=O)[C@@H]1COc3ccccc31)CCC2. The van der Waals surface area contributed by atoms with Crippen LogP contribution in [-0.4, -0.2) is 29.4 Å². The van der Waals surface area contributed by atoms with Gasteiger partial charge in [-0.2, -0.15) is 0 Å². The number of carbonyl (C=O) groups excluding carboxylic acids is 1. The zero-order chi connectivity index (χ0) is 16.0. The Balaban J connectivity index is 1.61. The zero-order valence-corrected chi connectivity index (χ0v) is 14.2. The summed E-state index contributed by atoms with van der Waals surface area (Å²) >= 11 is 1.74. The maximum absolute atomic E-state index is 13.1. The average Bonchev–Trinajstić information content (AvgIpc) is 3.15. The number of thiazole rings is 1. The van der Waals surface area contributed by atoms with Crippen LogP contribution < -0.4 is 4.74 Å². The number of ether oxygens (including phenoxy) is 1. The molecule has 2 aliphatic rings. The minimum Gasteiger partial charge on any atom is -0.492 e. The molecule has 2 atom stereocenters. The topological polar surface area (TPSA) is 42.4 Å². The van der Waals surface area contributed by atoms with Gasteiger partial charge in [0.05, 0.1) is 21.6 Å². The molecule has 0 radical (unpaired) electrons. The summed E-state index contributed by atoms with van der Waals surface area (Å²) in [6, 6.07) is 8.02. The summed E-state index contributed by atoms with van der Waals surface area (Å²) in [4.78, 5) is 20.9. The molecule has 120 valence electrons. The Labute approximate surface area is 140 Å². The first-order chi connectivity index (χ1) is 11.1. The molecule has 0 spiro atoms. The van der Waals surface area contributed by atoms with Gasteiger partial charge in [-0.05, 0) is 32.3 Å². The van der Waals surface area contributed by atoms with E-state index in [4.69, 9.17) is 4.74 Å². The van der Waals surface area contributed by atoms with Crippen LogP contribution in [0.2, 0.25) is 0 Å². The second-order valence-corrected chi connectivity index (χ2v) is 7.54. The molecular formula is C18H20N2O2S. The van der Waals surface area contributed by atoms with Crippen LogP contribution in [0.25, 0.3) is 0 Å². The number of fused-ring (bicyclic) bond motifs is 2. The Morgan fingerprint density at radius 2 is 2.22 bits per heavy atom. The molecule has 1 aromatic carbocycles. The molecule has 1 aliphatic heterocycles. The quantitative estimate of drug-likeness (QED) is 0.848. The van der Waals surface area contributed by atoms with Gasteiger partial charge in [-0.15, -0.1) is 11.3 Å². The summed E-state index contributed by atoms with van der Waals surface area (Å²) in [7, 11) is 1.93. The van der Waals surface area contributed by atoms with Gasteiger partial charge in [0.1, 0.15) is 18.3 Å². The van der Waals surface area contributed by atoms with Crippen LogP contribution in [0.4, 0.5) is 0 Å². The van der Waals surface area contributed by atoms with Gasteiger partial charge in [0, 0.05) is 12.6 Å². The number of benzene rings is 1. The summed E-state index contributed by atoms with van der Waals surface area (Å²) in [5.41, 5.74) is 2.20. The lowest BCUT2D eigenvalue weighted by molar-refractivity contribution is -0.134. The van der Waals surface area contributed by atoms with Gasteiger partial charge < -0.3 is 9.64 Å². The van der Waals surface area contributed by atoms with Crippen molar-refractivity contribution in [3.05, 3.63) is 45.4 Å². The third-order valence-corrected chi connectivity index (χ3v) is 5.96. The molecular weight excluding hydrogens is 308 g/mol. The number of hydrogen-bond donors (Lipinski definition) is 0. The third-order valence-electron chi connectivity index (χ3n) is 4.84. The standard InChI is InChI=1S/C18H20N2O2S/c1-11-19-14-7-5-8-15(17(14)23-11)20(2)18(21)13-10-22-16-9-4-3-6-12(13)16/h3-4,6,9,13,15H,5,7-8,10H2,1-2H3/t13-,15+/m1/s1. The Morgan fingerprint density at radius 3 is 3.09 bits per heavy atom. The lowest BCUT2D eigenvalue weighted by Gasteiger charge is -2.32. The fourth-order valence-electron chi connectivity index (χ4n) is 3.66. The first-order valence-electron chi connectivity index (χ1n) is 8.09. The minimum absolute atomic E-state index is 0.152. The highest BCUT2D eigenvalue weighted by Gasteiger charge is 2.36. The van der Waals surface area contributed by atoms with Crippen LogP contribution in [-0.2, 0) is 11.2 Å². The van der Waals surface area contributed by atoms with E-state index in [-0.39, 0.29) is 17.9 Å². The normalized spacial score (nSPS) is 22.2. The van der Waals surface area contributed by atoms with Crippen molar-refractivity contribution >= 4 is 17.2 Å². The van der Waals surface area contributed by atoms with E-state index in [9.17, 15) is 4.79 Å². The van der Waals surface area contributed by atoms with Crippen molar-refractivity contribution in [1.82, 2.24) is 9.88 Å². The summed E-state index contributed by atoms with van der Waals surface area (Å²) < 4.78 is 5.69. The first kappa shape index (κ1) is 14.7. The highest BCUT2D eigenvalue weighted by Crippen LogP contribution is 2.40. The first-order valence-corrected chi connectivity index (χ1v) is 8.91. The molecule has 1 aromatic heterocycles. The second kappa shape index (κ2) is 5.64. The number of carbonyl (C=O) groups is 1. The largest absolute Gasteiger partial charge is 0.492 e. The highest BCUT2D eigenvalue weighted by atomic mass is 32.1. The fraction of sp³-hybridized carbons (Fsp3) is 0.444. The van der Waals surface area contributed by atoms with Crippen LogP contribution in [0.5, 0.6) is 5.75 Å². The van der Waals surface area contributed by atoms with Crippen LogP contribution in [0.3, 0.4) is 0 Å². The molecule has 0 saturated heterocycles. The van der Waals surface area contributed by atoms with E-state index in [1.807, 2.05) is 43.1 Å². The minimum atomic E-state index is -0.185. The zero-order valence-electron chi connectivity index (χ0n) is 13.4. The molecule has 4 nitrogen and oxygen atoms in total. The number of hydrogen-bond acceptors (Lipinski definition) is 4. The lowest BCUT2D eigenvalue weighted by atomic mass is 9.94. The van der Waals surface area contributed by atoms with Crippen LogP contribution >= 0.6 is 11.3 Å². The van der Waals surface area contributed by atoms with Gasteiger partial charge in [-0.3, -0.25) is 4.79 Å². The van der Waals surface area contributed by atoms with E-state index >= 15 is 0 Å². The van der Waals surface area contributed by atoms with Crippen molar-refractivity contribution in [3.63, 3.8) is 0 Å². The van der Waals surface area contributed by atoms with Crippen LogP contribution in [0.1, 0.15) is 45.9 Å². The fourth-order valence-corrected chi connectivity index (χ4v) is 4.81. The highest BCUT2D eigenvalue weighted by molar-refractivity contribution is 7.11. The maximum atomic E-state index is 13.1. The lowest BCUT2D eigenvalue weighted by Crippen LogP contribution is -2.36. The third kappa shape index (κ3) is 2.43. The van der Waals surface area contributed by atoms with E-state index in [1.165, 1.54) is 10.6 Å². The molecule has 0 N–H and O–H groups in total. The van der Waals surface area contributed by atoms with Gasteiger partial charge >= 0.3 is 0 Å². The van der Waals surface area contributed by atoms with E-state index in [1.54, 1.807) is 11.3 Å². The summed E-state index contributed by atoms with van der Waals surface area (Å²) in [5.74, 6) is 0.812. The van der Waals surface area contributed by atoms with Gasteiger partial charge in [0.2, 0.25) is 5.91 Å². The van der Waals surface area contributed by atoms with Crippen LogP contribution in [0.15, 0.2) is 24.3 Å². The summed E-state index contributed by atoms with van der Waals surface area (Å²) in [6.07, 6.45) is 3.15. The Kier molecular flexibility index (Phi) is 3.60. The van der Waals surface area contributed by atoms with E-state index < -0.39 is 0 Å². The molecule has 2 aromatic rings. The van der Waals surface area contributed by atoms with Gasteiger partial charge in [-0.1, -0.05) is 18.2 Å². The molecule has 1 aliphatic carbocycles. The smallest absolute Gasteiger partial charge is 0.234 e. The molecule has 5 heteroatoms. The number of para-hydroxylation sites is 1. The molecule has 0 fully saturated rings. The van der Waals surface area contributed by atoms with Crippen molar-refractivity contribution in [2.45, 2.75) is 38.1 Å². The molecule has 4 rings (SSSR count). The Morgan fingerprint density at radius 1 is 1.39 bits per heavy atom. The van der Waals surface area contributed by atoms with Crippen molar-refractivity contribution in [2.24, 2.45) is 0 Å². The number of nitrogens with zero attached hydrogens (tertiary/aromatic N) is 2. The summed E-state index contributed by atoms with van der Waals surface area (Å²) in [6.45, 7) is 2.49. The monoisotopic (exact) mass is 328 g/mol. The van der Waals surface area contributed by atoms with Gasteiger partial charge in [-0.25, -0.2) is 4.98 Å². The van der Waals surface area contributed by atoms with E-state index in [0.29, 0.717) is 6.61 Å². The Hall–Kier alpha value is -1.88. The van der Waals surface area contributed by atoms with Crippen LogP contribution in [0, 0.1) is 6.92 Å². The number of likely N-dealkylation sites (N-methyl/N-ethyl adjacent to an activating group) is 1. The number of aromatic nitrogens is 1. The maximum Gasteiger partial charge on any atom is 0.234 e. The Bertz CT molecular complexity index is 755. The predicted octanol–water partition coefficient (Wildman–Crippen LogP) is 3.46. The number of rotatable bonds is 2. The molecule has 0 unspecified atom stereocenters. The van der Waals surface area contributed by atoms with Crippen molar-refractivity contribution in [3.8, 4) is 5.75 Å². The average molecular weight is 328 g/mol. The summed E-state index contributed by atoms with van der Waals surface area (Å²) in [5, 5.41) is 1.09. The predicted molar refractivity (Wildman–Crippen MR) is 90.0 cm³/mol. The number of aryl methyl sites for hydroxylation is 2. The van der Waals surface area contributed by atoms with Crippen molar-refractivity contribution in [2.75, 3.05) is 13.7 Å². The van der Waals surface area contributed by atoms with Crippen molar-refractivity contribution in [1.29, 1.82) is 0 Å². The molecule has 0 bridgehead atoms. The van der Waals surface area contributed by atoms with Gasteiger partial charge in [0.25, 0.3) is 0 Å². The van der Waals surface area contributed by atoms with Gasteiger partial charge in [0.15, 0.2) is 0 Å². The molecule has 2 heterocycles. The molecule has 1 amide bonds. The van der Waals surface area contributed by atoms with Crippen molar-refractivity contribution < 1.29 is 9.53 Å². The second-order valence-electron chi connectivity index (χ2n) is 6.30.